The van der Waals surface area contributed by atoms with Gasteiger partial charge in [0.1, 0.15) is 11.5 Å². The minimum Gasteiger partial charge on any atom is -0.457 e. The number of benzene rings is 2. The first-order valence-electron chi connectivity index (χ1n) is 8.71. The molecule has 0 aliphatic heterocycles. The molecule has 4 heteroatoms. The lowest BCUT2D eigenvalue weighted by Gasteiger charge is -2.18. The highest BCUT2D eigenvalue weighted by atomic mass is 32.1. The number of thiophene rings is 1. The van der Waals surface area contributed by atoms with Gasteiger partial charge in [0, 0.05) is 18.5 Å². The summed E-state index contributed by atoms with van der Waals surface area (Å²) in [7, 11) is 1.86. The lowest BCUT2D eigenvalue weighted by atomic mass is 10.2. The fraction of sp³-hybridized carbons (Fsp3) is 0.227. The number of nitrogens with zero attached hydrogens (tertiary/aromatic N) is 1. The lowest BCUT2D eigenvalue weighted by Crippen LogP contribution is -2.29. The second-order valence-corrected chi connectivity index (χ2v) is 7.77. The van der Waals surface area contributed by atoms with Gasteiger partial charge >= 0.3 is 0 Å². The third-order valence-electron chi connectivity index (χ3n) is 3.92. The van der Waals surface area contributed by atoms with Crippen LogP contribution in [0, 0.1) is 5.92 Å². The van der Waals surface area contributed by atoms with Crippen molar-refractivity contribution in [2.75, 3.05) is 13.6 Å². The Morgan fingerprint density at radius 2 is 1.62 bits per heavy atom. The molecular formula is C22H23NO2S. The molecule has 0 bridgehead atoms. The summed E-state index contributed by atoms with van der Waals surface area (Å²) in [4.78, 5) is 16.1. The summed E-state index contributed by atoms with van der Waals surface area (Å²) >= 11 is 1.53. The molecule has 0 radical (unpaired) electrons. The van der Waals surface area contributed by atoms with Crippen LogP contribution in [0.15, 0.2) is 66.7 Å². The van der Waals surface area contributed by atoms with E-state index in [1.807, 2.05) is 73.8 Å². The maximum atomic E-state index is 12.5. The van der Waals surface area contributed by atoms with Crippen LogP contribution in [0.3, 0.4) is 0 Å². The van der Waals surface area contributed by atoms with Crippen LogP contribution in [-0.2, 0) is 0 Å². The van der Waals surface area contributed by atoms with Crippen molar-refractivity contribution < 1.29 is 9.53 Å². The molecule has 26 heavy (non-hydrogen) atoms. The molecule has 0 fully saturated rings. The zero-order valence-corrected chi connectivity index (χ0v) is 16.1. The molecule has 0 aliphatic carbocycles. The third-order valence-corrected chi connectivity index (χ3v) is 5.04. The third kappa shape index (κ3) is 4.52. The fourth-order valence-corrected chi connectivity index (χ4v) is 3.74. The highest BCUT2D eigenvalue weighted by molar-refractivity contribution is 7.17. The van der Waals surface area contributed by atoms with Crippen molar-refractivity contribution in [2.24, 2.45) is 5.92 Å². The average Bonchev–Trinajstić information content (AvgIpc) is 3.12. The van der Waals surface area contributed by atoms with E-state index in [0.29, 0.717) is 5.92 Å². The van der Waals surface area contributed by atoms with Crippen molar-refractivity contribution in [1.29, 1.82) is 0 Å². The van der Waals surface area contributed by atoms with Crippen LogP contribution >= 0.6 is 11.3 Å². The summed E-state index contributed by atoms with van der Waals surface area (Å²) in [6.07, 6.45) is 0. The summed E-state index contributed by atoms with van der Waals surface area (Å²) in [5.74, 6) is 2.15. The number of carbonyl (C=O) groups excluding carboxylic acids is 1. The second-order valence-electron chi connectivity index (χ2n) is 6.68. The minimum absolute atomic E-state index is 0.0824. The zero-order chi connectivity index (χ0) is 18.5. The quantitative estimate of drug-likeness (QED) is 0.541. The van der Waals surface area contributed by atoms with Gasteiger partial charge in [0.2, 0.25) is 0 Å². The van der Waals surface area contributed by atoms with Crippen molar-refractivity contribution in [3.63, 3.8) is 0 Å². The molecular weight excluding hydrogens is 342 g/mol. The number of rotatable bonds is 6. The molecule has 3 rings (SSSR count). The molecule has 3 nitrogen and oxygen atoms in total. The van der Waals surface area contributed by atoms with Gasteiger partial charge in [-0.3, -0.25) is 4.79 Å². The van der Waals surface area contributed by atoms with E-state index in [9.17, 15) is 4.79 Å². The van der Waals surface area contributed by atoms with Crippen molar-refractivity contribution in [2.45, 2.75) is 13.8 Å². The fourth-order valence-electron chi connectivity index (χ4n) is 2.74. The van der Waals surface area contributed by atoms with E-state index in [-0.39, 0.29) is 5.91 Å². The average molecular weight is 365 g/mol. The molecule has 0 unspecified atom stereocenters. The Morgan fingerprint density at radius 1 is 0.962 bits per heavy atom. The standard InChI is InChI=1S/C22H23NO2S/c1-16(2)15-23(3)22(24)21-14-13-20(26-21)17-9-11-19(12-10-17)25-18-7-5-4-6-8-18/h4-14,16H,15H2,1-3H3. The molecule has 1 heterocycles. The Kier molecular flexibility index (Phi) is 5.74. The van der Waals surface area contributed by atoms with E-state index in [1.54, 1.807) is 4.90 Å². The topological polar surface area (TPSA) is 29.5 Å². The van der Waals surface area contributed by atoms with Gasteiger partial charge in [0.15, 0.2) is 0 Å². The molecule has 1 aromatic heterocycles. The summed E-state index contributed by atoms with van der Waals surface area (Å²) in [6.45, 7) is 4.99. The van der Waals surface area contributed by atoms with Crippen LogP contribution in [0.2, 0.25) is 0 Å². The van der Waals surface area contributed by atoms with E-state index in [0.717, 1.165) is 33.4 Å². The van der Waals surface area contributed by atoms with Gasteiger partial charge in [-0.05, 0) is 60.0 Å². The summed E-state index contributed by atoms with van der Waals surface area (Å²) < 4.78 is 5.82. The van der Waals surface area contributed by atoms with E-state index in [1.165, 1.54) is 11.3 Å². The first kappa shape index (κ1) is 18.2. The highest BCUT2D eigenvalue weighted by Crippen LogP contribution is 2.31. The van der Waals surface area contributed by atoms with Gasteiger partial charge in [-0.15, -0.1) is 11.3 Å². The Hall–Kier alpha value is -2.59. The van der Waals surface area contributed by atoms with E-state index >= 15 is 0 Å². The molecule has 1 amide bonds. The molecule has 134 valence electrons. The van der Waals surface area contributed by atoms with Crippen LogP contribution in [0.4, 0.5) is 0 Å². The molecule has 0 atom stereocenters. The van der Waals surface area contributed by atoms with Crippen molar-refractivity contribution >= 4 is 17.2 Å². The van der Waals surface area contributed by atoms with Gasteiger partial charge in [-0.1, -0.05) is 32.0 Å². The van der Waals surface area contributed by atoms with Gasteiger partial charge in [-0.2, -0.15) is 0 Å². The summed E-state index contributed by atoms with van der Waals surface area (Å²) in [5.41, 5.74) is 1.08. The van der Waals surface area contributed by atoms with Crippen LogP contribution in [0.1, 0.15) is 23.5 Å². The first-order valence-corrected chi connectivity index (χ1v) is 9.53. The Balaban J connectivity index is 1.70. The number of para-hydroxylation sites is 1. The van der Waals surface area contributed by atoms with Gasteiger partial charge in [-0.25, -0.2) is 0 Å². The second kappa shape index (κ2) is 8.19. The van der Waals surface area contributed by atoms with Crippen molar-refractivity contribution in [3.8, 4) is 21.9 Å². The largest absolute Gasteiger partial charge is 0.457 e. The number of carbonyl (C=O) groups is 1. The van der Waals surface area contributed by atoms with Gasteiger partial charge in [0.05, 0.1) is 4.88 Å². The molecule has 0 spiro atoms. The first-order chi connectivity index (χ1) is 12.5. The highest BCUT2D eigenvalue weighted by Gasteiger charge is 2.15. The monoisotopic (exact) mass is 365 g/mol. The van der Waals surface area contributed by atoms with Gasteiger partial charge < -0.3 is 9.64 Å². The maximum Gasteiger partial charge on any atom is 0.263 e. The normalized spacial score (nSPS) is 10.8. The molecule has 3 aromatic rings. The SMILES string of the molecule is CC(C)CN(C)C(=O)c1ccc(-c2ccc(Oc3ccccc3)cc2)s1. The smallest absolute Gasteiger partial charge is 0.263 e. The summed E-state index contributed by atoms with van der Waals surface area (Å²) in [5, 5.41) is 0. The van der Waals surface area contributed by atoms with Crippen LogP contribution < -0.4 is 4.74 Å². The number of hydrogen-bond acceptors (Lipinski definition) is 3. The number of amides is 1. The van der Waals surface area contributed by atoms with Crippen molar-refractivity contribution in [1.82, 2.24) is 4.90 Å². The van der Waals surface area contributed by atoms with Crippen LogP contribution in [-0.4, -0.2) is 24.4 Å². The predicted octanol–water partition coefficient (Wildman–Crippen LogP) is 5.94. The molecule has 0 saturated carbocycles. The Morgan fingerprint density at radius 3 is 2.27 bits per heavy atom. The molecule has 2 aromatic carbocycles. The zero-order valence-electron chi connectivity index (χ0n) is 15.3. The van der Waals surface area contributed by atoms with Gasteiger partial charge in [0.25, 0.3) is 5.91 Å². The molecule has 0 saturated heterocycles. The maximum absolute atomic E-state index is 12.5. The van der Waals surface area contributed by atoms with Crippen LogP contribution in [0.5, 0.6) is 11.5 Å². The minimum atomic E-state index is 0.0824. The lowest BCUT2D eigenvalue weighted by molar-refractivity contribution is 0.0784. The number of ether oxygens (including phenoxy) is 1. The predicted molar refractivity (Wildman–Crippen MR) is 108 cm³/mol. The molecule has 0 aliphatic rings. The van der Waals surface area contributed by atoms with Crippen molar-refractivity contribution in [3.05, 3.63) is 71.6 Å². The van der Waals surface area contributed by atoms with E-state index in [2.05, 4.69) is 13.8 Å². The van der Waals surface area contributed by atoms with E-state index < -0.39 is 0 Å². The Labute approximate surface area is 158 Å². The number of hydrogen-bond donors (Lipinski definition) is 0. The van der Waals surface area contributed by atoms with E-state index in [4.69, 9.17) is 4.74 Å². The summed E-state index contributed by atoms with van der Waals surface area (Å²) in [6, 6.07) is 21.6. The van der Waals surface area contributed by atoms with Crippen LogP contribution in [0.25, 0.3) is 10.4 Å². The Bertz CT molecular complexity index is 853. The molecule has 0 N–H and O–H groups in total.